The average molecular weight is 402 g/mol. The van der Waals surface area contributed by atoms with Gasteiger partial charge in [0.15, 0.2) is 0 Å². The molecule has 0 spiro atoms. The zero-order valence-electron chi connectivity index (χ0n) is 16.8. The van der Waals surface area contributed by atoms with Crippen LogP contribution in [0, 0.1) is 0 Å². The Balaban J connectivity index is 1.50. The molecule has 0 radical (unpaired) electrons. The van der Waals surface area contributed by atoms with Crippen molar-refractivity contribution in [1.82, 2.24) is 15.2 Å². The molecule has 1 atom stereocenters. The van der Waals surface area contributed by atoms with Crippen LogP contribution in [0.15, 0.2) is 24.4 Å². The third-order valence-electron chi connectivity index (χ3n) is 5.35. The van der Waals surface area contributed by atoms with E-state index in [1.807, 2.05) is 0 Å². The molecule has 1 saturated carbocycles. The van der Waals surface area contributed by atoms with Gasteiger partial charge in [0.2, 0.25) is 17.7 Å². The molecular formula is C21H30N4O4. The van der Waals surface area contributed by atoms with Gasteiger partial charge in [0.25, 0.3) is 0 Å². The van der Waals surface area contributed by atoms with Crippen LogP contribution in [0.25, 0.3) is 0 Å². The molecule has 29 heavy (non-hydrogen) atoms. The van der Waals surface area contributed by atoms with Gasteiger partial charge in [0.05, 0.1) is 12.6 Å². The van der Waals surface area contributed by atoms with Crippen molar-refractivity contribution in [2.24, 2.45) is 0 Å². The Morgan fingerprint density at radius 3 is 2.59 bits per heavy atom. The molecule has 1 aliphatic carbocycles. The van der Waals surface area contributed by atoms with Crippen molar-refractivity contribution in [3.05, 3.63) is 24.4 Å². The van der Waals surface area contributed by atoms with Gasteiger partial charge in [0.1, 0.15) is 5.82 Å². The van der Waals surface area contributed by atoms with E-state index in [-0.39, 0.29) is 49.3 Å². The van der Waals surface area contributed by atoms with E-state index in [1.165, 1.54) is 4.90 Å². The fraction of sp³-hybridized carbons (Fsp3) is 0.619. The van der Waals surface area contributed by atoms with E-state index in [0.29, 0.717) is 19.0 Å². The van der Waals surface area contributed by atoms with Crippen LogP contribution in [-0.4, -0.2) is 59.4 Å². The summed E-state index contributed by atoms with van der Waals surface area (Å²) in [5.41, 5.74) is 0. The predicted molar refractivity (Wildman–Crippen MR) is 108 cm³/mol. The second kappa shape index (κ2) is 10.9. The van der Waals surface area contributed by atoms with E-state index >= 15 is 0 Å². The maximum Gasteiger partial charge on any atom is 0.239 e. The lowest BCUT2D eigenvalue weighted by atomic mass is 10.2. The topological polar surface area (TPSA) is 101 Å². The van der Waals surface area contributed by atoms with Gasteiger partial charge in [-0.3, -0.25) is 14.4 Å². The van der Waals surface area contributed by atoms with Gasteiger partial charge in [-0.25, -0.2) is 4.98 Å². The molecule has 1 aromatic rings. The van der Waals surface area contributed by atoms with Crippen LogP contribution in [0.2, 0.25) is 0 Å². The van der Waals surface area contributed by atoms with Crippen molar-refractivity contribution in [2.75, 3.05) is 25.0 Å². The van der Waals surface area contributed by atoms with E-state index in [2.05, 4.69) is 15.6 Å². The zero-order valence-corrected chi connectivity index (χ0v) is 16.8. The lowest BCUT2D eigenvalue weighted by Crippen LogP contribution is -2.46. The van der Waals surface area contributed by atoms with Crippen LogP contribution in [0.4, 0.5) is 5.82 Å². The molecule has 1 aromatic heterocycles. The number of ether oxygens (including phenoxy) is 1. The van der Waals surface area contributed by atoms with Crippen LogP contribution >= 0.6 is 0 Å². The van der Waals surface area contributed by atoms with Crippen LogP contribution in [0.1, 0.15) is 51.4 Å². The molecule has 3 amide bonds. The number of aromatic nitrogens is 1. The molecule has 2 N–H and O–H groups in total. The van der Waals surface area contributed by atoms with E-state index < -0.39 is 0 Å². The van der Waals surface area contributed by atoms with Gasteiger partial charge in [-0.1, -0.05) is 18.9 Å². The van der Waals surface area contributed by atoms with Gasteiger partial charge in [0, 0.05) is 38.2 Å². The highest BCUT2D eigenvalue weighted by Crippen LogP contribution is 2.18. The minimum atomic E-state index is -0.274. The monoisotopic (exact) mass is 402 g/mol. The second-order valence-corrected chi connectivity index (χ2v) is 7.72. The molecule has 1 saturated heterocycles. The summed E-state index contributed by atoms with van der Waals surface area (Å²) < 4.78 is 5.64. The molecule has 1 aliphatic heterocycles. The molecule has 8 heteroatoms. The minimum absolute atomic E-state index is 0.0110. The molecule has 0 aromatic carbocycles. The number of nitrogens with zero attached hydrogens (tertiary/aromatic N) is 2. The van der Waals surface area contributed by atoms with Crippen molar-refractivity contribution >= 4 is 23.5 Å². The normalized spacial score (nSPS) is 19.1. The first kappa shape index (κ1) is 21.2. The van der Waals surface area contributed by atoms with E-state index in [1.54, 1.807) is 24.4 Å². The number of carbonyl (C=O) groups excluding carboxylic acids is 3. The summed E-state index contributed by atoms with van der Waals surface area (Å²) in [5, 5.41) is 5.70. The summed E-state index contributed by atoms with van der Waals surface area (Å²) in [5.74, 6) is -0.166. The van der Waals surface area contributed by atoms with E-state index in [4.69, 9.17) is 4.74 Å². The fourth-order valence-corrected chi connectivity index (χ4v) is 3.83. The highest BCUT2D eigenvalue weighted by Gasteiger charge is 2.26. The average Bonchev–Trinajstić information content (AvgIpc) is 3.40. The predicted octanol–water partition coefficient (Wildman–Crippen LogP) is 1.87. The number of anilines is 1. The lowest BCUT2D eigenvalue weighted by molar-refractivity contribution is -0.138. The van der Waals surface area contributed by atoms with Crippen molar-refractivity contribution in [2.45, 2.75) is 63.5 Å². The third-order valence-corrected chi connectivity index (χ3v) is 5.35. The maximum absolute atomic E-state index is 12.8. The van der Waals surface area contributed by atoms with Crippen molar-refractivity contribution < 1.29 is 19.1 Å². The Bertz CT molecular complexity index is 685. The Morgan fingerprint density at radius 1 is 1.07 bits per heavy atom. The van der Waals surface area contributed by atoms with E-state index in [0.717, 1.165) is 38.5 Å². The van der Waals surface area contributed by atoms with E-state index in [9.17, 15) is 14.4 Å². The van der Waals surface area contributed by atoms with Gasteiger partial charge in [-0.05, 0) is 37.8 Å². The minimum Gasteiger partial charge on any atom is -0.376 e. The van der Waals surface area contributed by atoms with Crippen LogP contribution in [0.5, 0.6) is 0 Å². The summed E-state index contributed by atoms with van der Waals surface area (Å²) >= 11 is 0. The number of nitrogens with one attached hydrogen (secondary N) is 2. The first-order valence-electron chi connectivity index (χ1n) is 10.5. The summed E-state index contributed by atoms with van der Waals surface area (Å²) in [7, 11) is 0. The summed E-state index contributed by atoms with van der Waals surface area (Å²) in [6.45, 7) is 1.09. The highest BCUT2D eigenvalue weighted by atomic mass is 16.5. The zero-order chi connectivity index (χ0) is 20.5. The number of carbonyl (C=O) groups is 3. The number of pyridine rings is 1. The first-order valence-corrected chi connectivity index (χ1v) is 10.5. The molecule has 158 valence electrons. The third kappa shape index (κ3) is 7.12. The Morgan fingerprint density at radius 2 is 1.90 bits per heavy atom. The summed E-state index contributed by atoms with van der Waals surface area (Å²) in [6.07, 6.45) is 7.75. The van der Waals surface area contributed by atoms with Gasteiger partial charge < -0.3 is 20.3 Å². The Hall–Kier alpha value is -2.48. The molecule has 2 fully saturated rings. The smallest absolute Gasteiger partial charge is 0.239 e. The molecular weight excluding hydrogens is 372 g/mol. The Kier molecular flexibility index (Phi) is 7.98. The van der Waals surface area contributed by atoms with Crippen LogP contribution < -0.4 is 10.6 Å². The molecule has 8 nitrogen and oxygen atoms in total. The quantitative estimate of drug-likeness (QED) is 0.657. The fourth-order valence-electron chi connectivity index (χ4n) is 3.83. The second-order valence-electron chi connectivity index (χ2n) is 7.72. The van der Waals surface area contributed by atoms with Gasteiger partial charge >= 0.3 is 0 Å². The van der Waals surface area contributed by atoms with Crippen molar-refractivity contribution in [1.29, 1.82) is 0 Å². The van der Waals surface area contributed by atoms with Gasteiger partial charge in [-0.15, -0.1) is 0 Å². The molecule has 2 aliphatic rings. The molecule has 0 bridgehead atoms. The Labute approximate surface area is 171 Å². The summed E-state index contributed by atoms with van der Waals surface area (Å²) in [4.78, 5) is 42.9. The standard InChI is InChI=1S/C21H30N4O4/c26-19(24-18-9-3-4-12-22-18)10-11-21(28)25(14-17-8-5-13-29-17)15-20(27)23-16-6-1-2-7-16/h3-4,9,12,16-17H,1-2,5-8,10-11,13-15H2,(H,23,27)(H,22,24,26). The summed E-state index contributed by atoms with van der Waals surface area (Å²) in [6, 6.07) is 5.45. The molecule has 1 unspecified atom stereocenters. The maximum atomic E-state index is 12.8. The highest BCUT2D eigenvalue weighted by molar-refractivity contribution is 5.93. The molecule has 2 heterocycles. The largest absolute Gasteiger partial charge is 0.376 e. The van der Waals surface area contributed by atoms with Crippen LogP contribution in [-0.2, 0) is 19.1 Å². The number of amides is 3. The van der Waals surface area contributed by atoms with Crippen LogP contribution in [0.3, 0.4) is 0 Å². The number of rotatable bonds is 9. The number of hydrogen-bond donors (Lipinski definition) is 2. The van der Waals surface area contributed by atoms with Gasteiger partial charge in [-0.2, -0.15) is 0 Å². The first-order chi connectivity index (χ1) is 14.1. The lowest BCUT2D eigenvalue weighted by Gasteiger charge is -2.26. The van der Waals surface area contributed by atoms with Crippen molar-refractivity contribution in [3.63, 3.8) is 0 Å². The SMILES string of the molecule is O=C(CCC(=O)N(CC(=O)NC1CCCC1)CC1CCCO1)Nc1ccccn1. The van der Waals surface area contributed by atoms with Crippen molar-refractivity contribution in [3.8, 4) is 0 Å². The number of hydrogen-bond acceptors (Lipinski definition) is 5. The molecule has 3 rings (SSSR count).